The first-order valence-electron chi connectivity index (χ1n) is 11.4. The van der Waals surface area contributed by atoms with Gasteiger partial charge in [0.2, 0.25) is 3.79 Å². The van der Waals surface area contributed by atoms with Crippen LogP contribution in [0.3, 0.4) is 0 Å². The van der Waals surface area contributed by atoms with Gasteiger partial charge < -0.3 is 34.6 Å². The van der Waals surface area contributed by atoms with Gasteiger partial charge in [-0.15, -0.1) is 0 Å². The third kappa shape index (κ3) is 3.82. The zero-order valence-electron chi connectivity index (χ0n) is 19.0. The number of amides is 1. The van der Waals surface area contributed by atoms with Crippen LogP contribution in [0.25, 0.3) is 0 Å². The van der Waals surface area contributed by atoms with E-state index in [1.807, 2.05) is 18.2 Å². The van der Waals surface area contributed by atoms with Gasteiger partial charge >= 0.3 is 6.09 Å². The smallest absolute Gasteiger partial charge is 0.410 e. The summed E-state index contributed by atoms with van der Waals surface area (Å²) in [5, 5.41) is 25.8. The Labute approximate surface area is 213 Å². The average molecular weight is 536 g/mol. The fraction of sp³-hybridized carbons (Fsp3) is 0.696. The number of piperidine rings is 1. The number of fused-ring (bicyclic) bond motifs is 2. The molecule has 3 saturated heterocycles. The molecule has 4 aliphatic heterocycles. The number of hydrogen-bond donors (Lipinski definition) is 3. The van der Waals surface area contributed by atoms with Crippen LogP contribution in [-0.4, -0.2) is 82.3 Å². The van der Waals surface area contributed by atoms with E-state index in [2.05, 4.69) is 5.32 Å². The van der Waals surface area contributed by atoms with Crippen molar-refractivity contribution < 1.29 is 29.2 Å². The van der Waals surface area contributed by atoms with Crippen molar-refractivity contribution in [3.63, 3.8) is 0 Å². The van der Waals surface area contributed by atoms with E-state index in [1.165, 1.54) is 4.90 Å². The lowest BCUT2D eigenvalue weighted by atomic mass is 9.67. The first-order chi connectivity index (χ1) is 16.0. The summed E-state index contributed by atoms with van der Waals surface area (Å²) in [4.78, 5) is 14.7. The third-order valence-electron chi connectivity index (χ3n) is 8.30. The van der Waals surface area contributed by atoms with Crippen molar-refractivity contribution in [1.82, 2.24) is 4.90 Å². The maximum absolute atomic E-state index is 13.2. The van der Waals surface area contributed by atoms with Crippen molar-refractivity contribution in [3.8, 4) is 5.75 Å². The first-order valence-corrected chi connectivity index (χ1v) is 12.6. The molecule has 3 N–H and O–H groups in total. The van der Waals surface area contributed by atoms with Crippen LogP contribution >= 0.6 is 34.8 Å². The second kappa shape index (κ2) is 8.46. The molecule has 11 heteroatoms. The highest BCUT2D eigenvalue weighted by Crippen LogP contribution is 2.57. The van der Waals surface area contributed by atoms with Crippen molar-refractivity contribution in [2.45, 2.75) is 52.8 Å². The van der Waals surface area contributed by atoms with Crippen LogP contribution in [0.5, 0.6) is 5.75 Å². The van der Waals surface area contributed by atoms with Gasteiger partial charge in [0.15, 0.2) is 0 Å². The number of aliphatic hydroxyl groups is 2. The average Bonchev–Trinajstić information content (AvgIpc) is 3.02. The standard InChI is InChI=1S/C23H29Cl3N2O6/c1-12(29)22(31)10-28(20(30)34-11-23(24,25)26)18-7-21(19-6-16(22)14(18)8-33-19)9-27-17-5-13(32-2)3-4-15(17)21/h3-5,12,14,16,18-19,27,29,31H,6-11H2,1-2H3/t12-,14-,16+,18-,19-,21-,22-/m0/s1. The molecule has 5 aliphatic rings. The summed E-state index contributed by atoms with van der Waals surface area (Å²) in [5.74, 6) is 0.336. The number of alkyl halides is 3. The summed E-state index contributed by atoms with van der Waals surface area (Å²) in [6.07, 6.45) is -0.745. The quantitative estimate of drug-likeness (QED) is 0.512. The number of aliphatic hydroxyl groups excluding tert-OH is 1. The number of benzene rings is 1. The van der Waals surface area contributed by atoms with Crippen molar-refractivity contribution in [3.05, 3.63) is 23.8 Å². The lowest BCUT2D eigenvalue weighted by molar-refractivity contribution is -0.202. The number of nitrogens with one attached hydrogen (secondary N) is 1. The van der Waals surface area contributed by atoms with Crippen LogP contribution in [0, 0.1) is 11.8 Å². The van der Waals surface area contributed by atoms with Gasteiger partial charge in [-0.3, -0.25) is 0 Å². The van der Waals surface area contributed by atoms with Crippen molar-refractivity contribution in [1.29, 1.82) is 0 Å². The van der Waals surface area contributed by atoms with Crippen molar-refractivity contribution in [2.24, 2.45) is 11.8 Å². The summed E-state index contributed by atoms with van der Waals surface area (Å²) in [5.41, 5.74) is 0.135. The van der Waals surface area contributed by atoms with Gasteiger partial charge in [-0.2, -0.15) is 0 Å². The number of methoxy groups -OCH3 is 1. The Bertz CT molecular complexity index is 975. The van der Waals surface area contributed by atoms with Crippen LogP contribution < -0.4 is 10.1 Å². The van der Waals surface area contributed by atoms with Gasteiger partial charge in [0, 0.05) is 41.6 Å². The molecule has 1 aliphatic carbocycles. The minimum absolute atomic E-state index is 0.0686. The lowest BCUT2D eigenvalue weighted by Gasteiger charge is -2.54. The predicted molar refractivity (Wildman–Crippen MR) is 128 cm³/mol. The Morgan fingerprint density at radius 2 is 2.18 bits per heavy atom. The first kappa shape index (κ1) is 24.5. The predicted octanol–water partition coefficient (Wildman–Crippen LogP) is 3.09. The second-order valence-corrected chi connectivity index (χ2v) is 12.5. The molecule has 188 valence electrons. The minimum Gasteiger partial charge on any atom is -0.497 e. The number of halogens is 3. The van der Waals surface area contributed by atoms with Gasteiger partial charge in [0.05, 0.1) is 32.5 Å². The summed E-state index contributed by atoms with van der Waals surface area (Å²) in [6, 6.07) is 5.66. The molecule has 0 aromatic heterocycles. The monoisotopic (exact) mass is 534 g/mol. The molecule has 34 heavy (non-hydrogen) atoms. The molecule has 4 bridgehead atoms. The van der Waals surface area contributed by atoms with Gasteiger partial charge in [-0.25, -0.2) is 4.79 Å². The van der Waals surface area contributed by atoms with E-state index in [0.29, 0.717) is 26.0 Å². The molecule has 0 radical (unpaired) electrons. The second-order valence-electron chi connectivity index (χ2n) is 9.99. The molecule has 6 rings (SSSR count). The topological polar surface area (TPSA) is 100 Å². The molecule has 1 spiro atoms. The largest absolute Gasteiger partial charge is 0.497 e. The maximum Gasteiger partial charge on any atom is 0.410 e. The molecule has 1 amide bonds. The number of carbonyl (C=O) groups is 1. The van der Waals surface area contributed by atoms with Crippen LogP contribution in [0.1, 0.15) is 25.3 Å². The fourth-order valence-electron chi connectivity index (χ4n) is 6.58. The van der Waals surface area contributed by atoms with Crippen LogP contribution in [0.4, 0.5) is 10.5 Å². The number of nitrogens with zero attached hydrogens (tertiary/aromatic N) is 1. The summed E-state index contributed by atoms with van der Waals surface area (Å²) in [6.45, 7) is 2.06. The van der Waals surface area contributed by atoms with E-state index in [4.69, 9.17) is 49.0 Å². The van der Waals surface area contributed by atoms with Crippen LogP contribution in [0.15, 0.2) is 18.2 Å². The molecule has 1 saturated carbocycles. The van der Waals surface area contributed by atoms with Gasteiger partial charge in [-0.1, -0.05) is 40.9 Å². The molecular weight excluding hydrogens is 507 g/mol. The number of β-amino-alcohol motifs (C(OH)–C–C–N with tert-alkyl or cyclic N) is 1. The molecule has 4 heterocycles. The zero-order valence-corrected chi connectivity index (χ0v) is 21.2. The minimum atomic E-state index is -1.76. The fourth-order valence-corrected chi connectivity index (χ4v) is 6.74. The third-order valence-corrected chi connectivity index (χ3v) is 8.63. The molecule has 1 aromatic carbocycles. The molecule has 7 atom stereocenters. The molecule has 1 aromatic rings. The van der Waals surface area contributed by atoms with Crippen molar-refractivity contribution in [2.75, 3.05) is 38.7 Å². The van der Waals surface area contributed by atoms with E-state index in [0.717, 1.165) is 17.0 Å². The van der Waals surface area contributed by atoms with Crippen LogP contribution in [0.2, 0.25) is 0 Å². The SMILES string of the molecule is COc1ccc2c(c1)NC[C@@]21C[C@H]2[C@H]3CO[C@H]1C[C@H]3[C@@](O)([C@H](C)O)CN2C(=O)OCC(Cl)(Cl)Cl. The number of anilines is 1. The Morgan fingerprint density at radius 1 is 1.41 bits per heavy atom. The molecule has 8 nitrogen and oxygen atoms in total. The van der Waals surface area contributed by atoms with E-state index in [9.17, 15) is 15.0 Å². The summed E-state index contributed by atoms with van der Waals surface area (Å²) in [7, 11) is 1.63. The molecule has 0 unspecified atom stereocenters. The number of ether oxygens (including phenoxy) is 3. The number of carbonyl (C=O) groups excluding carboxylic acids is 1. The van der Waals surface area contributed by atoms with E-state index >= 15 is 0 Å². The normalized spacial score (nSPS) is 37.1. The Morgan fingerprint density at radius 3 is 2.85 bits per heavy atom. The lowest BCUT2D eigenvalue weighted by Crippen LogP contribution is -2.68. The number of rotatable bonds is 3. The van der Waals surface area contributed by atoms with Crippen LogP contribution in [-0.2, 0) is 14.9 Å². The summed E-state index contributed by atoms with van der Waals surface area (Å²) < 4.78 is 15.4. The Balaban J connectivity index is 1.56. The highest BCUT2D eigenvalue weighted by Gasteiger charge is 2.64. The number of likely N-dealkylation sites (tertiary alicyclic amines) is 1. The Kier molecular flexibility index (Phi) is 6.10. The maximum atomic E-state index is 13.2. The number of hydrogen-bond acceptors (Lipinski definition) is 7. The van der Waals surface area contributed by atoms with Crippen molar-refractivity contribution >= 4 is 46.6 Å². The highest BCUT2D eigenvalue weighted by molar-refractivity contribution is 6.67. The molecule has 4 fully saturated rings. The van der Waals surface area contributed by atoms with Gasteiger partial charge in [0.1, 0.15) is 18.0 Å². The van der Waals surface area contributed by atoms with E-state index in [1.54, 1.807) is 14.0 Å². The summed E-state index contributed by atoms with van der Waals surface area (Å²) >= 11 is 17.4. The Hall–Kier alpha value is -1.16. The van der Waals surface area contributed by atoms with E-state index < -0.39 is 33.6 Å². The zero-order chi connectivity index (χ0) is 24.5. The van der Waals surface area contributed by atoms with E-state index in [-0.39, 0.29) is 30.5 Å². The molecular formula is C23H29Cl3N2O6. The van der Waals surface area contributed by atoms with Gasteiger partial charge in [0.25, 0.3) is 0 Å². The highest BCUT2D eigenvalue weighted by atomic mass is 35.6. The van der Waals surface area contributed by atoms with Gasteiger partial charge in [-0.05, 0) is 31.4 Å².